The second-order valence-electron chi connectivity index (χ2n) is 12.0. The highest BCUT2D eigenvalue weighted by atomic mass is 16.6. The minimum absolute atomic E-state index is 0.133. The number of hydrogen-bond acceptors (Lipinski definition) is 8. The molecule has 2 atom stereocenters. The Bertz CT molecular complexity index is 1910. The SMILES string of the molecule is Cc1noc(C(Cc2ccc3ccccc3c2)N(C)C(=O)C(Cc2ccc3ccccc3c2)NC(=O)OC(=O)C=CC(C)(C)N)n1. The minimum atomic E-state index is -1.09. The lowest BCUT2D eigenvalue weighted by atomic mass is 9.98. The highest BCUT2D eigenvalue weighted by Crippen LogP contribution is 2.27. The summed E-state index contributed by atoms with van der Waals surface area (Å²) in [6.45, 7) is 5.10. The molecule has 10 nitrogen and oxygen atoms in total. The molecule has 1 aromatic heterocycles. The summed E-state index contributed by atoms with van der Waals surface area (Å²) < 4.78 is 10.5. The number of rotatable bonds is 10. The van der Waals surface area contributed by atoms with Crippen molar-refractivity contribution in [2.75, 3.05) is 7.05 Å². The van der Waals surface area contributed by atoms with Gasteiger partial charge in [0, 0.05) is 31.5 Å². The molecule has 4 aromatic carbocycles. The Balaban J connectivity index is 1.43. The van der Waals surface area contributed by atoms with Gasteiger partial charge in [0.25, 0.3) is 0 Å². The Morgan fingerprint density at radius 3 is 2.02 bits per heavy atom. The molecular formula is C36H37N5O5. The number of carbonyl (C=O) groups excluding carboxylic acids is 3. The van der Waals surface area contributed by atoms with Crippen LogP contribution >= 0.6 is 0 Å². The summed E-state index contributed by atoms with van der Waals surface area (Å²) in [5, 5.41) is 10.8. The molecule has 2 unspecified atom stereocenters. The summed E-state index contributed by atoms with van der Waals surface area (Å²) in [6.07, 6.45) is 1.97. The Labute approximate surface area is 267 Å². The van der Waals surface area contributed by atoms with E-state index in [2.05, 4.69) is 21.5 Å². The van der Waals surface area contributed by atoms with Crippen LogP contribution in [-0.2, 0) is 27.2 Å². The molecule has 10 heteroatoms. The molecule has 3 N–H and O–H groups in total. The number of nitrogens with one attached hydrogen (secondary N) is 1. The van der Waals surface area contributed by atoms with Gasteiger partial charge in [-0.15, -0.1) is 0 Å². The van der Waals surface area contributed by atoms with Crippen molar-refractivity contribution in [1.82, 2.24) is 20.4 Å². The Morgan fingerprint density at radius 1 is 0.913 bits per heavy atom. The smallest absolute Gasteiger partial charge is 0.373 e. The summed E-state index contributed by atoms with van der Waals surface area (Å²) >= 11 is 0. The fourth-order valence-electron chi connectivity index (χ4n) is 5.21. The van der Waals surface area contributed by atoms with Gasteiger partial charge in [-0.1, -0.05) is 96.2 Å². The highest BCUT2D eigenvalue weighted by molar-refractivity contribution is 5.94. The monoisotopic (exact) mass is 619 g/mol. The quantitative estimate of drug-likeness (QED) is 0.117. The van der Waals surface area contributed by atoms with E-state index in [1.165, 1.54) is 11.0 Å². The van der Waals surface area contributed by atoms with Crippen LogP contribution < -0.4 is 11.1 Å². The number of amides is 2. The zero-order valence-electron chi connectivity index (χ0n) is 26.3. The van der Waals surface area contributed by atoms with E-state index in [1.54, 1.807) is 27.8 Å². The van der Waals surface area contributed by atoms with E-state index < -0.39 is 35.6 Å². The molecule has 0 fully saturated rings. The van der Waals surface area contributed by atoms with Crippen LogP contribution in [0.25, 0.3) is 21.5 Å². The van der Waals surface area contributed by atoms with Crippen LogP contribution in [0.1, 0.15) is 42.7 Å². The van der Waals surface area contributed by atoms with E-state index in [-0.39, 0.29) is 12.3 Å². The molecule has 0 spiro atoms. The van der Waals surface area contributed by atoms with E-state index in [4.69, 9.17) is 15.0 Å². The van der Waals surface area contributed by atoms with Crippen LogP contribution in [0, 0.1) is 6.92 Å². The van der Waals surface area contributed by atoms with Gasteiger partial charge < -0.3 is 25.2 Å². The zero-order chi connectivity index (χ0) is 32.8. The average molecular weight is 620 g/mol. The molecule has 0 aliphatic rings. The number of aromatic nitrogens is 2. The second kappa shape index (κ2) is 13.7. The molecule has 0 radical (unpaired) electrons. The number of nitrogens with zero attached hydrogens (tertiary/aromatic N) is 3. The van der Waals surface area contributed by atoms with Crippen molar-refractivity contribution in [3.8, 4) is 0 Å². The van der Waals surface area contributed by atoms with Crippen molar-refractivity contribution in [2.24, 2.45) is 5.73 Å². The molecular weight excluding hydrogens is 582 g/mol. The molecule has 0 aliphatic heterocycles. The van der Waals surface area contributed by atoms with Crippen LogP contribution in [0.5, 0.6) is 0 Å². The number of aryl methyl sites for hydroxylation is 1. The van der Waals surface area contributed by atoms with E-state index in [9.17, 15) is 14.4 Å². The lowest BCUT2D eigenvalue weighted by Gasteiger charge is -2.29. The highest BCUT2D eigenvalue weighted by Gasteiger charge is 2.33. The Morgan fingerprint density at radius 2 is 1.48 bits per heavy atom. The maximum atomic E-state index is 14.3. The third kappa shape index (κ3) is 8.22. The number of likely N-dealkylation sites (N-methyl/N-ethyl adjacent to an activating group) is 1. The molecule has 5 aromatic rings. The zero-order valence-corrected chi connectivity index (χ0v) is 26.3. The largest absolute Gasteiger partial charge is 0.415 e. The third-order valence-electron chi connectivity index (χ3n) is 7.57. The van der Waals surface area contributed by atoms with E-state index >= 15 is 0 Å². The molecule has 0 bridgehead atoms. The van der Waals surface area contributed by atoms with Crippen LogP contribution in [0.2, 0.25) is 0 Å². The molecule has 5 rings (SSSR count). The fourth-order valence-corrected chi connectivity index (χ4v) is 5.21. The fraction of sp³-hybridized carbons (Fsp3) is 0.250. The summed E-state index contributed by atoms with van der Waals surface area (Å²) in [6, 6.07) is 26.1. The van der Waals surface area contributed by atoms with Gasteiger partial charge >= 0.3 is 12.1 Å². The van der Waals surface area contributed by atoms with Crippen LogP contribution in [0.4, 0.5) is 4.79 Å². The summed E-state index contributed by atoms with van der Waals surface area (Å²) in [5.41, 5.74) is 6.88. The number of nitrogens with two attached hydrogens (primary N) is 1. The summed E-state index contributed by atoms with van der Waals surface area (Å²) in [5.74, 6) is -0.645. The van der Waals surface area contributed by atoms with E-state index in [1.807, 2.05) is 78.9 Å². The predicted octanol–water partition coefficient (Wildman–Crippen LogP) is 5.58. The van der Waals surface area contributed by atoms with Gasteiger partial charge in [-0.2, -0.15) is 4.98 Å². The minimum Gasteiger partial charge on any atom is -0.373 e. The molecule has 0 aliphatic carbocycles. The summed E-state index contributed by atoms with van der Waals surface area (Å²) in [4.78, 5) is 45.5. The summed E-state index contributed by atoms with van der Waals surface area (Å²) in [7, 11) is 1.63. The van der Waals surface area contributed by atoms with Gasteiger partial charge in [-0.05, 0) is 53.4 Å². The molecule has 1 heterocycles. The standard InChI is InChI=1S/C36H37N5O5/c1-23-38-33(46-40-23)31(22-25-14-16-27-10-6-8-12-29(27)20-25)41(4)34(43)30(39-35(44)45-32(42)17-18-36(2,3)37)21-24-13-15-26-9-5-7-11-28(26)19-24/h5-20,30-31H,21-22,37H2,1-4H3,(H,39,44). The number of hydrogen-bond donors (Lipinski definition) is 2. The lowest BCUT2D eigenvalue weighted by molar-refractivity contribution is -0.136. The van der Waals surface area contributed by atoms with Crippen molar-refractivity contribution < 1.29 is 23.6 Å². The Kier molecular flexibility index (Phi) is 9.58. The lowest BCUT2D eigenvalue weighted by Crippen LogP contribution is -2.50. The van der Waals surface area contributed by atoms with Gasteiger partial charge in [0.2, 0.25) is 11.8 Å². The number of esters is 1. The number of ether oxygens (including phenoxy) is 1. The maximum absolute atomic E-state index is 14.3. The van der Waals surface area contributed by atoms with Gasteiger partial charge in [0.15, 0.2) is 5.82 Å². The normalized spacial score (nSPS) is 13.1. The Hall–Kier alpha value is -5.35. The van der Waals surface area contributed by atoms with Crippen LogP contribution in [0.15, 0.2) is 102 Å². The number of alkyl carbamates (subject to hydrolysis) is 1. The first kappa shape index (κ1) is 32.1. The van der Waals surface area contributed by atoms with Crippen molar-refractivity contribution >= 4 is 39.5 Å². The molecule has 236 valence electrons. The number of benzene rings is 4. The van der Waals surface area contributed by atoms with Crippen LogP contribution in [0.3, 0.4) is 0 Å². The number of carbonyl (C=O) groups is 3. The first-order valence-corrected chi connectivity index (χ1v) is 15.0. The van der Waals surface area contributed by atoms with Crippen molar-refractivity contribution in [2.45, 2.75) is 51.2 Å². The van der Waals surface area contributed by atoms with Crippen molar-refractivity contribution in [3.05, 3.63) is 120 Å². The van der Waals surface area contributed by atoms with Gasteiger partial charge in [0.1, 0.15) is 12.1 Å². The first-order chi connectivity index (χ1) is 21.9. The second-order valence-corrected chi connectivity index (χ2v) is 12.0. The van der Waals surface area contributed by atoms with Gasteiger partial charge in [-0.25, -0.2) is 9.59 Å². The molecule has 2 amide bonds. The average Bonchev–Trinajstić information content (AvgIpc) is 3.46. The molecule has 46 heavy (non-hydrogen) atoms. The maximum Gasteiger partial charge on any atom is 0.415 e. The van der Waals surface area contributed by atoms with E-state index in [0.717, 1.165) is 38.7 Å². The van der Waals surface area contributed by atoms with Crippen molar-refractivity contribution in [3.63, 3.8) is 0 Å². The van der Waals surface area contributed by atoms with Crippen molar-refractivity contribution in [1.29, 1.82) is 0 Å². The molecule has 0 saturated carbocycles. The topological polar surface area (TPSA) is 141 Å². The van der Waals surface area contributed by atoms with Gasteiger partial charge in [-0.3, -0.25) is 4.79 Å². The molecule has 0 saturated heterocycles. The van der Waals surface area contributed by atoms with E-state index in [0.29, 0.717) is 12.2 Å². The third-order valence-corrected chi connectivity index (χ3v) is 7.57. The first-order valence-electron chi connectivity index (χ1n) is 15.0. The van der Waals surface area contributed by atoms with Gasteiger partial charge in [0.05, 0.1) is 0 Å². The van der Waals surface area contributed by atoms with Crippen LogP contribution in [-0.4, -0.2) is 51.6 Å². The predicted molar refractivity (Wildman–Crippen MR) is 176 cm³/mol. The number of fused-ring (bicyclic) bond motifs is 2.